The van der Waals surface area contributed by atoms with E-state index in [1.165, 1.54) is 24.8 Å². The van der Waals surface area contributed by atoms with Gasteiger partial charge in [-0.05, 0) is 11.6 Å². The van der Waals surface area contributed by atoms with Gasteiger partial charge in [0.15, 0.2) is 0 Å². The van der Waals surface area contributed by atoms with Crippen LogP contribution in [0.3, 0.4) is 0 Å². The zero-order valence-corrected chi connectivity index (χ0v) is 11.2. The Hall–Kier alpha value is -2.01. The van der Waals surface area contributed by atoms with Crippen molar-refractivity contribution in [3.63, 3.8) is 0 Å². The maximum Gasteiger partial charge on any atom is 0.273 e. The highest BCUT2D eigenvalue weighted by atomic mass is 32.2. The molecule has 0 aliphatic heterocycles. The van der Waals surface area contributed by atoms with E-state index in [9.17, 15) is 10.1 Å². The molecular weight excluding hydrogens is 262 g/mol. The lowest BCUT2D eigenvalue weighted by Crippen LogP contribution is -1.92. The monoisotopic (exact) mass is 275 g/mol. The Kier molecular flexibility index (Phi) is 4.41. The molecule has 0 aliphatic rings. The maximum absolute atomic E-state index is 10.7. The molecule has 0 saturated carbocycles. The molecular formula is C14H13NO3S. The van der Waals surface area contributed by atoms with Gasteiger partial charge in [-0.1, -0.05) is 30.3 Å². The molecule has 0 N–H and O–H groups in total. The third kappa shape index (κ3) is 3.48. The Balaban J connectivity index is 2.14. The number of ether oxygens (including phenoxy) is 1. The quantitative estimate of drug-likeness (QED) is 0.472. The van der Waals surface area contributed by atoms with Crippen molar-refractivity contribution in [3.05, 3.63) is 64.2 Å². The molecule has 4 nitrogen and oxygen atoms in total. The minimum absolute atomic E-state index is 0.0425. The standard InChI is InChI=1S/C14H13NO3S/c1-18-13-9-12(15(16)17)7-8-14(13)19-10-11-5-3-2-4-6-11/h2-9H,10H2,1H3. The van der Waals surface area contributed by atoms with Gasteiger partial charge >= 0.3 is 0 Å². The third-order valence-electron chi connectivity index (χ3n) is 2.60. The molecule has 0 saturated heterocycles. The van der Waals surface area contributed by atoms with Gasteiger partial charge in [0.25, 0.3) is 5.69 Å². The van der Waals surface area contributed by atoms with Crippen LogP contribution in [0.25, 0.3) is 0 Å². The lowest BCUT2D eigenvalue weighted by molar-refractivity contribution is -0.385. The first-order valence-corrected chi connectivity index (χ1v) is 6.68. The highest BCUT2D eigenvalue weighted by molar-refractivity contribution is 7.98. The Morgan fingerprint density at radius 2 is 1.95 bits per heavy atom. The predicted molar refractivity (Wildman–Crippen MR) is 75.7 cm³/mol. The van der Waals surface area contributed by atoms with Gasteiger partial charge in [0.05, 0.1) is 23.0 Å². The van der Waals surface area contributed by atoms with Crippen LogP contribution in [-0.2, 0) is 5.75 Å². The number of benzene rings is 2. The van der Waals surface area contributed by atoms with Gasteiger partial charge in [-0.2, -0.15) is 0 Å². The van der Waals surface area contributed by atoms with Crippen LogP contribution in [-0.4, -0.2) is 12.0 Å². The van der Waals surface area contributed by atoms with Crippen molar-refractivity contribution in [1.82, 2.24) is 0 Å². The fraction of sp³-hybridized carbons (Fsp3) is 0.143. The van der Waals surface area contributed by atoms with Gasteiger partial charge in [-0.15, -0.1) is 11.8 Å². The molecule has 0 spiro atoms. The Morgan fingerprint density at radius 3 is 2.58 bits per heavy atom. The number of non-ortho nitro benzene ring substituents is 1. The van der Waals surface area contributed by atoms with E-state index in [4.69, 9.17) is 4.74 Å². The van der Waals surface area contributed by atoms with Gasteiger partial charge in [-0.25, -0.2) is 0 Å². The van der Waals surface area contributed by atoms with E-state index >= 15 is 0 Å². The molecule has 0 fully saturated rings. The summed E-state index contributed by atoms with van der Waals surface area (Å²) in [6.07, 6.45) is 0. The Labute approximate surface area is 115 Å². The van der Waals surface area contributed by atoms with Crippen molar-refractivity contribution < 1.29 is 9.66 Å². The van der Waals surface area contributed by atoms with Crippen LogP contribution >= 0.6 is 11.8 Å². The van der Waals surface area contributed by atoms with Crippen molar-refractivity contribution in [3.8, 4) is 5.75 Å². The number of nitro groups is 1. The largest absolute Gasteiger partial charge is 0.495 e. The molecule has 0 radical (unpaired) electrons. The van der Waals surface area contributed by atoms with Gasteiger partial charge in [0.2, 0.25) is 0 Å². The van der Waals surface area contributed by atoms with Gasteiger partial charge < -0.3 is 4.74 Å². The first kappa shape index (κ1) is 13.4. The normalized spacial score (nSPS) is 10.2. The smallest absolute Gasteiger partial charge is 0.273 e. The number of methoxy groups -OCH3 is 1. The molecule has 2 rings (SSSR count). The average Bonchev–Trinajstić information content (AvgIpc) is 2.45. The highest BCUT2D eigenvalue weighted by Gasteiger charge is 2.11. The van der Waals surface area contributed by atoms with Crippen LogP contribution in [0.2, 0.25) is 0 Å². The molecule has 19 heavy (non-hydrogen) atoms. The molecule has 2 aromatic rings. The second-order valence-electron chi connectivity index (χ2n) is 3.87. The van der Waals surface area contributed by atoms with Crippen LogP contribution in [0.15, 0.2) is 53.4 Å². The average molecular weight is 275 g/mol. The Bertz CT molecular complexity index is 572. The summed E-state index contributed by atoms with van der Waals surface area (Å²) in [5, 5.41) is 10.7. The Morgan fingerprint density at radius 1 is 1.21 bits per heavy atom. The van der Waals surface area contributed by atoms with Crippen LogP contribution in [0.4, 0.5) is 5.69 Å². The van der Waals surface area contributed by atoms with Crippen LogP contribution in [0.5, 0.6) is 5.75 Å². The summed E-state index contributed by atoms with van der Waals surface area (Å²) in [5.41, 5.74) is 1.24. The number of nitro benzene ring substituents is 1. The van der Waals surface area contributed by atoms with Crippen LogP contribution in [0.1, 0.15) is 5.56 Å². The molecule has 0 aliphatic carbocycles. The molecule has 2 aromatic carbocycles. The van der Waals surface area contributed by atoms with E-state index in [0.29, 0.717) is 5.75 Å². The van der Waals surface area contributed by atoms with Crippen molar-refractivity contribution in [2.24, 2.45) is 0 Å². The highest BCUT2D eigenvalue weighted by Crippen LogP contribution is 2.34. The van der Waals surface area contributed by atoms with Crippen molar-refractivity contribution in [2.45, 2.75) is 10.6 Å². The van der Waals surface area contributed by atoms with Crippen molar-refractivity contribution in [2.75, 3.05) is 7.11 Å². The summed E-state index contributed by atoms with van der Waals surface area (Å²) in [6.45, 7) is 0. The summed E-state index contributed by atoms with van der Waals surface area (Å²) in [7, 11) is 1.52. The zero-order chi connectivity index (χ0) is 13.7. The predicted octanol–water partition coefficient (Wildman–Crippen LogP) is 3.90. The van der Waals surface area contributed by atoms with E-state index in [2.05, 4.69) is 0 Å². The molecule has 0 heterocycles. The first-order chi connectivity index (χ1) is 9.20. The third-order valence-corrected chi connectivity index (χ3v) is 3.72. The van der Waals surface area contributed by atoms with E-state index in [1.807, 2.05) is 30.3 Å². The van der Waals surface area contributed by atoms with E-state index < -0.39 is 4.92 Å². The molecule has 0 unspecified atom stereocenters. The maximum atomic E-state index is 10.7. The molecule has 98 valence electrons. The molecule has 0 amide bonds. The fourth-order valence-corrected chi connectivity index (χ4v) is 2.59. The van der Waals surface area contributed by atoms with Gasteiger partial charge in [0, 0.05) is 11.8 Å². The molecule has 0 bridgehead atoms. The van der Waals surface area contributed by atoms with Crippen molar-refractivity contribution in [1.29, 1.82) is 0 Å². The number of hydrogen-bond donors (Lipinski definition) is 0. The second kappa shape index (κ2) is 6.24. The number of thioether (sulfide) groups is 1. The number of nitrogens with zero attached hydrogens (tertiary/aromatic N) is 1. The van der Waals surface area contributed by atoms with E-state index in [0.717, 1.165) is 10.6 Å². The summed E-state index contributed by atoms with van der Waals surface area (Å²) in [6, 6.07) is 14.7. The van der Waals surface area contributed by atoms with Gasteiger partial charge in [0.1, 0.15) is 5.75 Å². The van der Waals surface area contributed by atoms with Crippen LogP contribution < -0.4 is 4.74 Å². The van der Waals surface area contributed by atoms with Crippen LogP contribution in [0, 0.1) is 10.1 Å². The number of hydrogen-bond acceptors (Lipinski definition) is 4. The van der Waals surface area contributed by atoms with Gasteiger partial charge in [-0.3, -0.25) is 10.1 Å². The minimum atomic E-state index is -0.422. The molecule has 5 heteroatoms. The first-order valence-electron chi connectivity index (χ1n) is 5.70. The lowest BCUT2D eigenvalue weighted by atomic mass is 10.2. The summed E-state index contributed by atoms with van der Waals surface area (Å²) >= 11 is 1.60. The SMILES string of the molecule is COc1cc([N+](=O)[O-])ccc1SCc1ccccc1. The summed E-state index contributed by atoms with van der Waals surface area (Å²) in [4.78, 5) is 11.2. The van der Waals surface area contributed by atoms with Crippen molar-refractivity contribution >= 4 is 17.4 Å². The molecule has 0 atom stereocenters. The second-order valence-corrected chi connectivity index (χ2v) is 4.88. The molecule has 0 aromatic heterocycles. The summed E-state index contributed by atoms with van der Waals surface area (Å²) < 4.78 is 5.20. The topological polar surface area (TPSA) is 52.4 Å². The minimum Gasteiger partial charge on any atom is -0.495 e. The zero-order valence-electron chi connectivity index (χ0n) is 10.4. The summed E-state index contributed by atoms with van der Waals surface area (Å²) in [5.74, 6) is 1.34. The fourth-order valence-electron chi connectivity index (χ4n) is 1.62. The van der Waals surface area contributed by atoms with E-state index in [1.54, 1.807) is 17.8 Å². The number of rotatable bonds is 5. The lowest BCUT2D eigenvalue weighted by Gasteiger charge is -2.07. The van der Waals surface area contributed by atoms with E-state index in [-0.39, 0.29) is 5.69 Å².